The molecule has 2 nitrogen and oxygen atoms in total. The van der Waals surface area contributed by atoms with E-state index in [-0.39, 0.29) is 0 Å². The molecule has 0 radical (unpaired) electrons. The lowest BCUT2D eigenvalue weighted by molar-refractivity contribution is 0.283. The van der Waals surface area contributed by atoms with Crippen LogP contribution in [0.1, 0.15) is 50.8 Å². The third-order valence-corrected chi connectivity index (χ3v) is 4.63. The van der Waals surface area contributed by atoms with Gasteiger partial charge in [-0.2, -0.15) is 0 Å². The smallest absolute Gasteiger partial charge is 0.0449 e. The maximum atomic E-state index is 3.65. The van der Waals surface area contributed by atoms with Gasteiger partial charge in [-0.3, -0.25) is 0 Å². The second-order valence-electron chi connectivity index (χ2n) is 6.03. The summed E-state index contributed by atoms with van der Waals surface area (Å²) < 4.78 is 0. The number of likely N-dealkylation sites (tertiary alicyclic amines) is 1. The van der Waals surface area contributed by atoms with Gasteiger partial charge < -0.3 is 10.2 Å². The summed E-state index contributed by atoms with van der Waals surface area (Å²) >= 11 is 0. The van der Waals surface area contributed by atoms with Crippen molar-refractivity contribution >= 4 is 0 Å². The molecule has 1 aliphatic rings. The minimum absolute atomic E-state index is 0.474. The second kappa shape index (κ2) is 7.80. The van der Waals surface area contributed by atoms with E-state index in [9.17, 15) is 0 Å². The van der Waals surface area contributed by atoms with E-state index in [0.717, 1.165) is 25.4 Å². The maximum absolute atomic E-state index is 3.65. The summed E-state index contributed by atoms with van der Waals surface area (Å²) in [5.74, 6) is 0.916. The molecule has 2 rings (SSSR count). The molecule has 0 saturated carbocycles. The third kappa shape index (κ3) is 4.07. The minimum Gasteiger partial charge on any atom is -0.309 e. The maximum Gasteiger partial charge on any atom is 0.0449 e. The predicted octanol–water partition coefficient (Wildman–Crippen LogP) is 3.63. The average molecular weight is 274 g/mol. The highest BCUT2D eigenvalue weighted by molar-refractivity contribution is 5.25. The first-order valence-corrected chi connectivity index (χ1v) is 8.31. The lowest BCUT2D eigenvalue weighted by Gasteiger charge is -2.25. The first-order chi connectivity index (χ1) is 9.76. The first kappa shape index (κ1) is 15.5. The Bertz CT molecular complexity index is 385. The van der Waals surface area contributed by atoms with Crippen molar-refractivity contribution in [2.45, 2.75) is 46.1 Å². The summed E-state index contributed by atoms with van der Waals surface area (Å²) in [6.07, 6.45) is 3.83. The van der Waals surface area contributed by atoms with Gasteiger partial charge in [0.2, 0.25) is 0 Å². The first-order valence-electron chi connectivity index (χ1n) is 8.31. The zero-order valence-electron chi connectivity index (χ0n) is 13.4. The Labute approximate surface area is 124 Å². The standard InChI is InChI=1S/C18H30N2/c1-4-15-7-9-17(10-8-15)18(19-6-3)14-20-12-11-16(5-2)13-20/h7-10,16,18-19H,4-6,11-14H2,1-3H3. The number of hydrogen-bond acceptors (Lipinski definition) is 2. The number of nitrogens with zero attached hydrogens (tertiary/aromatic N) is 1. The van der Waals surface area contributed by atoms with Gasteiger partial charge in [0.15, 0.2) is 0 Å². The van der Waals surface area contributed by atoms with Gasteiger partial charge in [0.1, 0.15) is 0 Å². The highest BCUT2D eigenvalue weighted by Crippen LogP contribution is 2.23. The van der Waals surface area contributed by atoms with Crippen LogP contribution >= 0.6 is 0 Å². The number of hydrogen-bond donors (Lipinski definition) is 1. The molecule has 2 unspecified atom stereocenters. The van der Waals surface area contributed by atoms with Gasteiger partial charge in [-0.15, -0.1) is 0 Å². The van der Waals surface area contributed by atoms with E-state index < -0.39 is 0 Å². The van der Waals surface area contributed by atoms with Crippen LogP contribution in [0.25, 0.3) is 0 Å². The van der Waals surface area contributed by atoms with Crippen LogP contribution in [-0.4, -0.2) is 31.1 Å². The van der Waals surface area contributed by atoms with Crippen molar-refractivity contribution in [3.63, 3.8) is 0 Å². The molecule has 20 heavy (non-hydrogen) atoms. The molecule has 0 aliphatic carbocycles. The number of nitrogens with one attached hydrogen (secondary N) is 1. The fraction of sp³-hybridized carbons (Fsp3) is 0.667. The van der Waals surface area contributed by atoms with Crippen molar-refractivity contribution in [2.75, 3.05) is 26.2 Å². The van der Waals surface area contributed by atoms with Crippen LogP contribution in [0, 0.1) is 5.92 Å². The second-order valence-corrected chi connectivity index (χ2v) is 6.03. The Kier molecular flexibility index (Phi) is 6.06. The zero-order chi connectivity index (χ0) is 14.4. The molecule has 112 valence electrons. The van der Waals surface area contributed by atoms with E-state index in [4.69, 9.17) is 0 Å². The largest absolute Gasteiger partial charge is 0.309 e. The van der Waals surface area contributed by atoms with Gasteiger partial charge in [0, 0.05) is 19.1 Å². The molecule has 1 fully saturated rings. The molecule has 0 amide bonds. The van der Waals surface area contributed by atoms with Crippen LogP contribution in [0.3, 0.4) is 0 Å². The summed E-state index contributed by atoms with van der Waals surface area (Å²) in [4.78, 5) is 2.63. The lowest BCUT2D eigenvalue weighted by atomic mass is 10.0. The lowest BCUT2D eigenvalue weighted by Crippen LogP contribution is -2.34. The highest BCUT2D eigenvalue weighted by atomic mass is 15.2. The molecule has 0 spiro atoms. The molecular weight excluding hydrogens is 244 g/mol. The molecule has 2 atom stereocenters. The summed E-state index contributed by atoms with van der Waals surface area (Å²) in [6.45, 7) is 11.5. The molecule has 1 heterocycles. The highest BCUT2D eigenvalue weighted by Gasteiger charge is 2.23. The van der Waals surface area contributed by atoms with Crippen molar-refractivity contribution in [3.8, 4) is 0 Å². The van der Waals surface area contributed by atoms with Gasteiger partial charge in [0.25, 0.3) is 0 Å². The Morgan fingerprint density at radius 1 is 1.20 bits per heavy atom. The van der Waals surface area contributed by atoms with Crippen molar-refractivity contribution in [1.82, 2.24) is 10.2 Å². The quantitative estimate of drug-likeness (QED) is 0.817. The number of rotatable bonds is 7. The monoisotopic (exact) mass is 274 g/mol. The zero-order valence-corrected chi connectivity index (χ0v) is 13.4. The Morgan fingerprint density at radius 2 is 1.95 bits per heavy atom. The fourth-order valence-corrected chi connectivity index (χ4v) is 3.19. The van der Waals surface area contributed by atoms with Crippen molar-refractivity contribution in [1.29, 1.82) is 0 Å². The van der Waals surface area contributed by atoms with Gasteiger partial charge in [-0.1, -0.05) is 51.5 Å². The van der Waals surface area contributed by atoms with Crippen LogP contribution in [-0.2, 0) is 6.42 Å². The molecule has 1 aromatic rings. The van der Waals surface area contributed by atoms with Crippen LogP contribution in [0.2, 0.25) is 0 Å². The summed E-state index contributed by atoms with van der Waals surface area (Å²) in [5, 5.41) is 3.65. The van der Waals surface area contributed by atoms with Crippen LogP contribution < -0.4 is 5.32 Å². The molecule has 1 aliphatic heterocycles. The molecule has 1 N–H and O–H groups in total. The Hall–Kier alpha value is -0.860. The van der Waals surface area contributed by atoms with Crippen molar-refractivity contribution in [3.05, 3.63) is 35.4 Å². The van der Waals surface area contributed by atoms with Crippen LogP contribution in [0.4, 0.5) is 0 Å². The molecule has 1 aromatic carbocycles. The Morgan fingerprint density at radius 3 is 2.50 bits per heavy atom. The van der Waals surface area contributed by atoms with Crippen LogP contribution in [0.5, 0.6) is 0 Å². The van der Waals surface area contributed by atoms with Gasteiger partial charge in [-0.05, 0) is 43.0 Å². The predicted molar refractivity (Wildman–Crippen MR) is 87.1 cm³/mol. The van der Waals surface area contributed by atoms with Crippen molar-refractivity contribution < 1.29 is 0 Å². The van der Waals surface area contributed by atoms with Crippen molar-refractivity contribution in [2.24, 2.45) is 5.92 Å². The Balaban J connectivity index is 1.98. The molecule has 0 aromatic heterocycles. The topological polar surface area (TPSA) is 15.3 Å². The van der Waals surface area contributed by atoms with E-state index in [1.165, 1.54) is 37.1 Å². The van der Waals surface area contributed by atoms with Crippen LogP contribution in [0.15, 0.2) is 24.3 Å². The summed E-state index contributed by atoms with van der Waals surface area (Å²) in [7, 11) is 0. The van der Waals surface area contributed by atoms with Gasteiger partial charge in [-0.25, -0.2) is 0 Å². The number of likely N-dealkylation sites (N-methyl/N-ethyl adjacent to an activating group) is 1. The summed E-state index contributed by atoms with van der Waals surface area (Å²) in [5.41, 5.74) is 2.86. The molecule has 1 saturated heterocycles. The average Bonchev–Trinajstić information content (AvgIpc) is 2.95. The third-order valence-electron chi connectivity index (χ3n) is 4.63. The van der Waals surface area contributed by atoms with E-state index in [1.807, 2.05) is 0 Å². The fourth-order valence-electron chi connectivity index (χ4n) is 3.19. The van der Waals surface area contributed by atoms with E-state index in [0.29, 0.717) is 6.04 Å². The van der Waals surface area contributed by atoms with E-state index in [1.54, 1.807) is 0 Å². The normalized spacial score (nSPS) is 21.2. The van der Waals surface area contributed by atoms with E-state index in [2.05, 4.69) is 55.3 Å². The molecule has 2 heteroatoms. The molecular formula is C18H30N2. The number of benzene rings is 1. The van der Waals surface area contributed by atoms with Gasteiger partial charge in [0.05, 0.1) is 0 Å². The summed E-state index contributed by atoms with van der Waals surface area (Å²) in [6, 6.07) is 9.64. The molecule has 0 bridgehead atoms. The van der Waals surface area contributed by atoms with E-state index >= 15 is 0 Å². The number of aryl methyl sites for hydroxylation is 1. The minimum atomic E-state index is 0.474. The van der Waals surface area contributed by atoms with Gasteiger partial charge >= 0.3 is 0 Å². The SMILES string of the molecule is CCNC(CN1CCC(CC)C1)c1ccc(CC)cc1.